The lowest BCUT2D eigenvalue weighted by atomic mass is 10.1. The molecule has 5 heteroatoms. The number of amides is 1. The number of para-hydroxylation sites is 1. The van der Waals surface area contributed by atoms with Crippen LogP contribution in [0.15, 0.2) is 36.5 Å². The van der Waals surface area contributed by atoms with E-state index in [-0.39, 0.29) is 0 Å². The lowest BCUT2D eigenvalue weighted by Crippen LogP contribution is -2.36. The molecule has 1 unspecified atom stereocenters. The van der Waals surface area contributed by atoms with Crippen molar-refractivity contribution in [3.05, 3.63) is 42.1 Å². The molecule has 1 aromatic heterocycles. The number of hydrogen-bond acceptors (Lipinski definition) is 3. The van der Waals surface area contributed by atoms with Crippen LogP contribution in [0.2, 0.25) is 0 Å². The van der Waals surface area contributed by atoms with Crippen molar-refractivity contribution in [2.75, 3.05) is 0 Å². The number of benzene rings is 1. The zero-order valence-corrected chi connectivity index (χ0v) is 9.54. The molecule has 1 heterocycles. The second-order valence-electron chi connectivity index (χ2n) is 3.93. The fraction of sp³-hybridized carbons (Fsp3) is 0.154. The van der Waals surface area contributed by atoms with E-state index in [1.165, 1.54) is 0 Å². The van der Waals surface area contributed by atoms with E-state index in [1.54, 1.807) is 6.20 Å². The van der Waals surface area contributed by atoms with E-state index in [0.717, 1.165) is 16.5 Å². The van der Waals surface area contributed by atoms with Gasteiger partial charge in [0.1, 0.15) is 6.29 Å². The minimum Gasteiger partial charge on any atom is -0.465 e. The SMILES string of the molecule is O=CC(Cc1cnc2ccccc2c1)NC(=O)O. The van der Waals surface area contributed by atoms with Gasteiger partial charge in [-0.25, -0.2) is 4.79 Å². The zero-order valence-electron chi connectivity index (χ0n) is 9.54. The quantitative estimate of drug-likeness (QED) is 0.801. The van der Waals surface area contributed by atoms with Gasteiger partial charge in [0.05, 0.1) is 11.6 Å². The van der Waals surface area contributed by atoms with Gasteiger partial charge in [0.25, 0.3) is 0 Å². The Balaban J connectivity index is 2.20. The number of carboxylic acid groups (broad SMARTS) is 1. The summed E-state index contributed by atoms with van der Waals surface area (Å²) in [4.78, 5) is 25.5. The van der Waals surface area contributed by atoms with Crippen LogP contribution in [0.5, 0.6) is 0 Å². The maximum absolute atomic E-state index is 10.8. The molecule has 2 aromatic rings. The summed E-state index contributed by atoms with van der Waals surface area (Å²) in [6.45, 7) is 0. The van der Waals surface area contributed by atoms with Crippen molar-refractivity contribution in [3.63, 3.8) is 0 Å². The number of pyridine rings is 1. The molecular formula is C13H12N2O3. The maximum Gasteiger partial charge on any atom is 0.405 e. The van der Waals surface area contributed by atoms with Crippen LogP contribution in [0.3, 0.4) is 0 Å². The van der Waals surface area contributed by atoms with Gasteiger partial charge in [0.15, 0.2) is 0 Å². The third kappa shape index (κ3) is 2.82. The van der Waals surface area contributed by atoms with Crippen molar-refractivity contribution >= 4 is 23.3 Å². The van der Waals surface area contributed by atoms with E-state index < -0.39 is 12.1 Å². The van der Waals surface area contributed by atoms with Gasteiger partial charge in [-0.15, -0.1) is 0 Å². The van der Waals surface area contributed by atoms with Crippen molar-refractivity contribution in [2.45, 2.75) is 12.5 Å². The fourth-order valence-electron chi connectivity index (χ4n) is 1.77. The number of carbonyl (C=O) groups excluding carboxylic acids is 1. The topological polar surface area (TPSA) is 79.3 Å². The van der Waals surface area contributed by atoms with Crippen molar-refractivity contribution in [2.24, 2.45) is 0 Å². The minimum absolute atomic E-state index is 0.299. The van der Waals surface area contributed by atoms with Gasteiger partial charge in [-0.05, 0) is 17.7 Å². The van der Waals surface area contributed by atoms with Crippen LogP contribution in [0.4, 0.5) is 4.79 Å². The third-order valence-corrected chi connectivity index (χ3v) is 2.58. The summed E-state index contributed by atoms with van der Waals surface area (Å²) in [5, 5.41) is 11.7. The normalized spacial score (nSPS) is 12.0. The average molecular weight is 244 g/mol. The van der Waals surface area contributed by atoms with Gasteiger partial charge in [-0.3, -0.25) is 4.98 Å². The number of carbonyl (C=O) groups is 2. The van der Waals surface area contributed by atoms with Gasteiger partial charge in [-0.2, -0.15) is 0 Å². The molecule has 0 radical (unpaired) electrons. The molecule has 0 aliphatic carbocycles. The first kappa shape index (κ1) is 12.0. The molecule has 0 aliphatic heterocycles. The van der Waals surface area contributed by atoms with Crippen molar-refractivity contribution < 1.29 is 14.7 Å². The molecule has 0 saturated heterocycles. The molecule has 0 fully saturated rings. The molecular weight excluding hydrogens is 232 g/mol. The summed E-state index contributed by atoms with van der Waals surface area (Å²) in [5.74, 6) is 0. The van der Waals surface area contributed by atoms with Crippen molar-refractivity contribution in [1.82, 2.24) is 10.3 Å². The molecule has 2 N–H and O–H groups in total. The van der Waals surface area contributed by atoms with Gasteiger partial charge in [-0.1, -0.05) is 18.2 Å². The van der Waals surface area contributed by atoms with E-state index in [2.05, 4.69) is 10.3 Å². The van der Waals surface area contributed by atoms with E-state index in [9.17, 15) is 9.59 Å². The predicted octanol–water partition coefficient (Wildman–Crippen LogP) is 1.61. The monoisotopic (exact) mass is 244 g/mol. The largest absolute Gasteiger partial charge is 0.465 e. The Kier molecular flexibility index (Phi) is 3.52. The number of fused-ring (bicyclic) bond motifs is 1. The van der Waals surface area contributed by atoms with Gasteiger partial charge >= 0.3 is 6.09 Å². The van der Waals surface area contributed by atoms with E-state index in [1.807, 2.05) is 30.3 Å². The Hall–Kier alpha value is -2.43. The molecule has 0 bridgehead atoms. The highest BCUT2D eigenvalue weighted by Gasteiger charge is 2.11. The molecule has 0 spiro atoms. The van der Waals surface area contributed by atoms with Crippen molar-refractivity contribution in [1.29, 1.82) is 0 Å². The molecule has 1 atom stereocenters. The predicted molar refractivity (Wildman–Crippen MR) is 66.5 cm³/mol. The Morgan fingerprint density at radius 2 is 2.22 bits per heavy atom. The van der Waals surface area contributed by atoms with Crippen LogP contribution in [-0.4, -0.2) is 28.5 Å². The first-order valence-corrected chi connectivity index (χ1v) is 5.47. The number of aromatic nitrogens is 1. The molecule has 1 aromatic carbocycles. The van der Waals surface area contributed by atoms with Crippen LogP contribution < -0.4 is 5.32 Å². The second kappa shape index (κ2) is 5.27. The lowest BCUT2D eigenvalue weighted by Gasteiger charge is -2.10. The summed E-state index contributed by atoms with van der Waals surface area (Å²) in [5.41, 5.74) is 1.69. The highest BCUT2D eigenvalue weighted by molar-refractivity contribution is 5.79. The summed E-state index contributed by atoms with van der Waals surface area (Å²) in [6, 6.07) is 8.78. The molecule has 5 nitrogen and oxygen atoms in total. The average Bonchev–Trinajstić information content (AvgIpc) is 2.37. The first-order valence-electron chi connectivity index (χ1n) is 5.47. The number of nitrogens with zero attached hydrogens (tertiary/aromatic N) is 1. The molecule has 2 rings (SSSR count). The first-order chi connectivity index (χ1) is 8.69. The molecule has 18 heavy (non-hydrogen) atoms. The second-order valence-corrected chi connectivity index (χ2v) is 3.93. The van der Waals surface area contributed by atoms with Gasteiger partial charge < -0.3 is 15.2 Å². The molecule has 0 saturated carbocycles. The molecule has 92 valence electrons. The Bertz CT molecular complexity index is 583. The van der Waals surface area contributed by atoms with Crippen LogP contribution in [0, 0.1) is 0 Å². The van der Waals surface area contributed by atoms with E-state index >= 15 is 0 Å². The van der Waals surface area contributed by atoms with Crippen LogP contribution in [0.25, 0.3) is 10.9 Å². The summed E-state index contributed by atoms with van der Waals surface area (Å²) in [7, 11) is 0. The number of aldehydes is 1. The van der Waals surface area contributed by atoms with Gasteiger partial charge in [0.2, 0.25) is 0 Å². The number of rotatable bonds is 4. The third-order valence-electron chi connectivity index (χ3n) is 2.58. The number of nitrogens with one attached hydrogen (secondary N) is 1. The Morgan fingerprint density at radius 3 is 2.94 bits per heavy atom. The minimum atomic E-state index is -1.21. The Labute approximate surface area is 103 Å². The van der Waals surface area contributed by atoms with E-state index in [4.69, 9.17) is 5.11 Å². The summed E-state index contributed by atoms with van der Waals surface area (Å²) >= 11 is 0. The number of hydrogen-bond donors (Lipinski definition) is 2. The summed E-state index contributed by atoms with van der Waals surface area (Å²) < 4.78 is 0. The fourth-order valence-corrected chi connectivity index (χ4v) is 1.77. The maximum atomic E-state index is 10.8. The van der Waals surface area contributed by atoms with Crippen molar-refractivity contribution in [3.8, 4) is 0 Å². The highest BCUT2D eigenvalue weighted by atomic mass is 16.4. The Morgan fingerprint density at radius 1 is 1.44 bits per heavy atom. The zero-order chi connectivity index (χ0) is 13.0. The van der Waals surface area contributed by atoms with E-state index in [0.29, 0.717) is 12.7 Å². The van der Waals surface area contributed by atoms with Gasteiger partial charge in [0, 0.05) is 18.0 Å². The van der Waals surface area contributed by atoms with Crippen LogP contribution in [0.1, 0.15) is 5.56 Å². The van der Waals surface area contributed by atoms with Crippen LogP contribution in [-0.2, 0) is 11.2 Å². The highest BCUT2D eigenvalue weighted by Crippen LogP contribution is 2.13. The lowest BCUT2D eigenvalue weighted by molar-refractivity contribution is -0.109. The van der Waals surface area contributed by atoms with Crippen LogP contribution >= 0.6 is 0 Å². The smallest absolute Gasteiger partial charge is 0.405 e. The summed E-state index contributed by atoms with van der Waals surface area (Å²) in [6.07, 6.45) is 1.33. The standard InChI is InChI=1S/C13H12N2O3/c16-8-11(15-13(17)18)6-9-5-10-3-1-2-4-12(10)14-7-9/h1-5,7-8,11,15H,6H2,(H,17,18). The molecule has 0 aliphatic rings. The molecule has 1 amide bonds.